The van der Waals surface area contributed by atoms with E-state index in [1.165, 1.54) is 12.5 Å². The summed E-state index contributed by atoms with van der Waals surface area (Å²) in [5.74, 6) is 1.48. The number of anilines is 1. The van der Waals surface area contributed by atoms with Crippen LogP contribution in [-0.2, 0) is 10.5 Å². The number of thioether (sulfide) groups is 1. The van der Waals surface area contributed by atoms with Crippen LogP contribution in [0.2, 0.25) is 0 Å². The Kier molecular flexibility index (Phi) is 5.72. The van der Waals surface area contributed by atoms with Crippen LogP contribution in [0.3, 0.4) is 0 Å². The molecular formula is C23H20N4OS. The van der Waals surface area contributed by atoms with Gasteiger partial charge < -0.3 is 5.32 Å². The summed E-state index contributed by atoms with van der Waals surface area (Å²) in [7, 11) is 0. The van der Waals surface area contributed by atoms with Gasteiger partial charge in [0.2, 0.25) is 5.91 Å². The van der Waals surface area contributed by atoms with Crippen LogP contribution >= 0.6 is 11.8 Å². The summed E-state index contributed by atoms with van der Waals surface area (Å²) in [6.45, 7) is 1.50. The quantitative estimate of drug-likeness (QED) is 0.453. The number of aromatic nitrogens is 3. The summed E-state index contributed by atoms with van der Waals surface area (Å²) < 4.78 is 2.07. The van der Waals surface area contributed by atoms with E-state index in [1.54, 1.807) is 11.8 Å². The lowest BCUT2D eigenvalue weighted by Crippen LogP contribution is -2.05. The van der Waals surface area contributed by atoms with Crippen molar-refractivity contribution >= 4 is 23.4 Å². The molecule has 0 radical (unpaired) electrons. The third-order valence-corrected chi connectivity index (χ3v) is 5.32. The van der Waals surface area contributed by atoms with Crippen molar-refractivity contribution in [3.63, 3.8) is 0 Å². The molecule has 0 aliphatic heterocycles. The Balaban J connectivity index is 1.68. The fourth-order valence-electron chi connectivity index (χ4n) is 2.99. The molecule has 0 spiro atoms. The number of nitrogens with one attached hydrogen (secondary N) is 1. The zero-order chi connectivity index (χ0) is 20.1. The average Bonchev–Trinajstić information content (AvgIpc) is 3.18. The Morgan fingerprint density at radius 2 is 1.55 bits per heavy atom. The first kappa shape index (κ1) is 19.0. The van der Waals surface area contributed by atoms with Crippen molar-refractivity contribution in [1.29, 1.82) is 0 Å². The highest BCUT2D eigenvalue weighted by Crippen LogP contribution is 2.30. The molecule has 5 nitrogen and oxygen atoms in total. The molecule has 1 amide bonds. The first-order valence-corrected chi connectivity index (χ1v) is 10.2. The number of amides is 1. The number of hydrogen-bond donors (Lipinski definition) is 1. The van der Waals surface area contributed by atoms with Crippen molar-refractivity contribution in [1.82, 2.24) is 14.8 Å². The number of hydrogen-bond acceptors (Lipinski definition) is 4. The van der Waals surface area contributed by atoms with Crippen LogP contribution in [0.15, 0.2) is 90.1 Å². The molecule has 6 heteroatoms. The highest BCUT2D eigenvalue weighted by atomic mass is 32.2. The summed E-state index contributed by atoms with van der Waals surface area (Å²) in [4.78, 5) is 11.3. The van der Waals surface area contributed by atoms with Crippen LogP contribution in [0.4, 0.5) is 5.69 Å². The smallest absolute Gasteiger partial charge is 0.221 e. The van der Waals surface area contributed by atoms with Crippen molar-refractivity contribution in [2.24, 2.45) is 0 Å². The fourth-order valence-corrected chi connectivity index (χ4v) is 3.90. The SMILES string of the molecule is CC(=O)Nc1ccc(-c2nnc(SCc3ccccc3)n2-c2ccccc2)cc1. The molecule has 1 heterocycles. The normalized spacial score (nSPS) is 10.7. The second-order valence-electron chi connectivity index (χ2n) is 6.51. The van der Waals surface area contributed by atoms with Crippen molar-refractivity contribution < 1.29 is 4.79 Å². The van der Waals surface area contributed by atoms with Gasteiger partial charge in [0.05, 0.1) is 0 Å². The number of nitrogens with zero attached hydrogens (tertiary/aromatic N) is 3. The van der Waals surface area contributed by atoms with Gasteiger partial charge in [-0.15, -0.1) is 10.2 Å². The van der Waals surface area contributed by atoms with E-state index in [2.05, 4.69) is 32.2 Å². The molecule has 29 heavy (non-hydrogen) atoms. The Bertz CT molecular complexity index is 1090. The number of para-hydroxylation sites is 1. The van der Waals surface area contributed by atoms with Crippen LogP contribution in [0.1, 0.15) is 12.5 Å². The van der Waals surface area contributed by atoms with Crippen molar-refractivity contribution in [2.45, 2.75) is 17.8 Å². The summed E-state index contributed by atoms with van der Waals surface area (Å²) >= 11 is 1.65. The van der Waals surface area contributed by atoms with Crippen LogP contribution in [-0.4, -0.2) is 20.7 Å². The van der Waals surface area contributed by atoms with Crippen LogP contribution in [0.5, 0.6) is 0 Å². The van der Waals surface area contributed by atoms with E-state index in [-0.39, 0.29) is 5.91 Å². The van der Waals surface area contributed by atoms with Crippen molar-refractivity contribution in [3.05, 3.63) is 90.5 Å². The first-order chi connectivity index (χ1) is 14.2. The average molecular weight is 401 g/mol. The minimum absolute atomic E-state index is 0.0928. The number of carbonyl (C=O) groups excluding carboxylic acids is 1. The Morgan fingerprint density at radius 3 is 2.21 bits per heavy atom. The van der Waals surface area contributed by atoms with Gasteiger partial charge in [-0.1, -0.05) is 60.3 Å². The molecule has 0 atom stereocenters. The van der Waals surface area contributed by atoms with E-state index in [9.17, 15) is 4.79 Å². The third-order valence-electron chi connectivity index (χ3n) is 4.32. The summed E-state index contributed by atoms with van der Waals surface area (Å²) in [5.41, 5.74) is 3.93. The number of carbonyl (C=O) groups is 1. The molecular weight excluding hydrogens is 380 g/mol. The van der Waals surface area contributed by atoms with E-state index >= 15 is 0 Å². The highest BCUT2D eigenvalue weighted by Gasteiger charge is 2.16. The second-order valence-corrected chi connectivity index (χ2v) is 7.45. The van der Waals surface area contributed by atoms with Gasteiger partial charge >= 0.3 is 0 Å². The van der Waals surface area contributed by atoms with Crippen LogP contribution < -0.4 is 5.32 Å². The lowest BCUT2D eigenvalue weighted by atomic mass is 10.2. The van der Waals surface area contributed by atoms with E-state index < -0.39 is 0 Å². The standard InChI is InChI=1S/C23H20N4OS/c1-17(28)24-20-14-12-19(13-15-20)22-25-26-23(27(22)21-10-6-3-7-11-21)29-16-18-8-4-2-5-9-18/h2-15H,16H2,1H3,(H,24,28). The largest absolute Gasteiger partial charge is 0.326 e. The molecule has 0 unspecified atom stereocenters. The minimum atomic E-state index is -0.0928. The Hall–Kier alpha value is -3.38. The molecule has 1 N–H and O–H groups in total. The van der Waals surface area contributed by atoms with E-state index in [1.807, 2.05) is 72.8 Å². The van der Waals surface area contributed by atoms with Gasteiger partial charge in [-0.25, -0.2) is 0 Å². The molecule has 0 saturated heterocycles. The zero-order valence-corrected chi connectivity index (χ0v) is 16.8. The summed E-state index contributed by atoms with van der Waals surface area (Å²) in [6, 6.07) is 28.0. The predicted molar refractivity (Wildman–Crippen MR) is 117 cm³/mol. The Morgan fingerprint density at radius 1 is 0.897 bits per heavy atom. The van der Waals surface area contributed by atoms with Crippen molar-refractivity contribution in [2.75, 3.05) is 5.32 Å². The first-order valence-electron chi connectivity index (χ1n) is 9.26. The predicted octanol–water partition coefficient (Wildman–Crippen LogP) is 5.19. The maximum atomic E-state index is 11.3. The van der Waals surface area contributed by atoms with Gasteiger partial charge in [0.15, 0.2) is 11.0 Å². The molecule has 144 valence electrons. The Labute approximate surface area is 173 Å². The third kappa shape index (κ3) is 4.55. The van der Waals surface area contributed by atoms with Crippen LogP contribution in [0, 0.1) is 0 Å². The maximum Gasteiger partial charge on any atom is 0.221 e. The van der Waals surface area contributed by atoms with Gasteiger partial charge in [-0.05, 0) is 42.0 Å². The lowest BCUT2D eigenvalue weighted by molar-refractivity contribution is -0.114. The maximum absolute atomic E-state index is 11.3. The van der Waals surface area contributed by atoms with Crippen molar-refractivity contribution in [3.8, 4) is 17.1 Å². The molecule has 0 aliphatic rings. The topological polar surface area (TPSA) is 59.8 Å². The molecule has 0 aliphatic carbocycles. The monoisotopic (exact) mass is 400 g/mol. The highest BCUT2D eigenvalue weighted by molar-refractivity contribution is 7.98. The van der Waals surface area contributed by atoms with Gasteiger partial charge in [0.1, 0.15) is 0 Å². The molecule has 3 aromatic carbocycles. The lowest BCUT2D eigenvalue weighted by Gasteiger charge is -2.11. The summed E-state index contributed by atoms with van der Waals surface area (Å²) in [5, 5.41) is 12.6. The van der Waals surface area contributed by atoms with Gasteiger partial charge in [0, 0.05) is 29.6 Å². The van der Waals surface area contributed by atoms with Gasteiger partial charge in [-0.3, -0.25) is 9.36 Å². The van der Waals surface area contributed by atoms with Gasteiger partial charge in [-0.2, -0.15) is 0 Å². The number of benzene rings is 3. The fraction of sp³-hybridized carbons (Fsp3) is 0.0870. The molecule has 0 fully saturated rings. The molecule has 1 aromatic heterocycles. The van der Waals surface area contributed by atoms with Crippen LogP contribution in [0.25, 0.3) is 17.1 Å². The second kappa shape index (κ2) is 8.75. The zero-order valence-electron chi connectivity index (χ0n) is 15.9. The van der Waals surface area contributed by atoms with E-state index in [0.29, 0.717) is 0 Å². The molecule has 4 aromatic rings. The molecule has 4 rings (SSSR count). The van der Waals surface area contributed by atoms with E-state index in [0.717, 1.165) is 33.7 Å². The molecule has 0 bridgehead atoms. The van der Waals surface area contributed by atoms with E-state index in [4.69, 9.17) is 0 Å². The minimum Gasteiger partial charge on any atom is -0.326 e. The summed E-state index contributed by atoms with van der Waals surface area (Å²) in [6.07, 6.45) is 0. The van der Waals surface area contributed by atoms with Gasteiger partial charge in [0.25, 0.3) is 0 Å². The number of rotatable bonds is 6. The molecule has 0 saturated carbocycles.